The maximum Gasteiger partial charge on any atom is 0.330 e. The number of hydrogen-bond acceptors (Lipinski definition) is 6. The molecule has 1 aromatic rings. The molecule has 0 spiro atoms. The number of esters is 1. The summed E-state index contributed by atoms with van der Waals surface area (Å²) in [6.45, 7) is 24.2. The Bertz CT molecular complexity index is 1550. The van der Waals surface area contributed by atoms with Crippen LogP contribution in [0.1, 0.15) is 119 Å². The maximum atomic E-state index is 13.9. The van der Waals surface area contributed by atoms with Crippen LogP contribution in [0.15, 0.2) is 30.4 Å². The van der Waals surface area contributed by atoms with E-state index < -0.39 is 0 Å². The van der Waals surface area contributed by atoms with Crippen molar-refractivity contribution in [3.8, 4) is 17.2 Å². The molecule has 1 aromatic carbocycles. The van der Waals surface area contributed by atoms with Gasteiger partial charge in [-0.2, -0.15) is 0 Å². The van der Waals surface area contributed by atoms with Crippen molar-refractivity contribution in [1.82, 2.24) is 0 Å². The minimum absolute atomic E-state index is 0.0316. The van der Waals surface area contributed by atoms with Gasteiger partial charge in [0.05, 0.1) is 27.9 Å². The molecule has 51 heavy (non-hydrogen) atoms. The predicted octanol–water partition coefficient (Wildman–Crippen LogP) is 10.4. The Morgan fingerprint density at radius 3 is 2.14 bits per heavy atom. The Morgan fingerprint density at radius 1 is 0.882 bits per heavy atom. The third-order valence-corrected chi connectivity index (χ3v) is 16.4. The van der Waals surface area contributed by atoms with Gasteiger partial charge in [0.2, 0.25) is 5.75 Å². The number of carbonyl (C=O) groups excluding carboxylic acids is 2. The molecule has 5 aliphatic rings. The second-order valence-electron chi connectivity index (χ2n) is 19.1. The van der Waals surface area contributed by atoms with Gasteiger partial charge < -0.3 is 18.9 Å². The number of rotatable bonds is 9. The zero-order chi connectivity index (χ0) is 37.3. The molecule has 0 N–H and O–H groups in total. The molecule has 5 saturated carbocycles. The first-order chi connectivity index (χ1) is 23.9. The number of benzene rings is 1. The highest BCUT2D eigenvalue weighted by Crippen LogP contribution is 2.77. The van der Waals surface area contributed by atoms with Crippen molar-refractivity contribution >= 4 is 17.8 Å². The lowest BCUT2D eigenvalue weighted by Crippen LogP contribution is -2.67. The molecular weight excluding hydrogens is 636 g/mol. The highest BCUT2D eigenvalue weighted by molar-refractivity contribution is 5.88. The Labute approximate surface area is 308 Å². The first-order valence-corrected chi connectivity index (χ1v) is 19.8. The van der Waals surface area contributed by atoms with Gasteiger partial charge in [-0.3, -0.25) is 4.79 Å². The van der Waals surface area contributed by atoms with Crippen molar-refractivity contribution in [3.63, 3.8) is 0 Å². The van der Waals surface area contributed by atoms with Crippen LogP contribution < -0.4 is 14.2 Å². The molecule has 5 aliphatic carbocycles. The monoisotopic (exact) mass is 702 g/mol. The Morgan fingerprint density at radius 2 is 1.55 bits per heavy atom. The van der Waals surface area contributed by atoms with Crippen LogP contribution >= 0.6 is 0 Å². The SMILES string of the molecule is C=C(C)C1CCC2(COC(=O)C=Cc3cc(OC)c(OC)c(OC)c3)CCC3(C)C(CCC4C5(C)CC(C(C)C)C(=O)C(C)(C)C5CCC43C)C12. The molecule has 0 aliphatic heterocycles. The first-order valence-electron chi connectivity index (χ1n) is 19.8. The zero-order valence-corrected chi connectivity index (χ0v) is 33.6. The van der Waals surface area contributed by atoms with Gasteiger partial charge in [0.1, 0.15) is 5.78 Å². The van der Waals surface area contributed by atoms with Gasteiger partial charge in [0, 0.05) is 22.8 Å². The molecule has 5 fully saturated rings. The average molecular weight is 703 g/mol. The van der Waals surface area contributed by atoms with E-state index in [-0.39, 0.29) is 39.0 Å². The fraction of sp³-hybridized carbons (Fsp3) is 0.733. The van der Waals surface area contributed by atoms with Crippen molar-refractivity contribution in [2.24, 2.45) is 68.5 Å². The van der Waals surface area contributed by atoms with Crippen LogP contribution in [-0.2, 0) is 14.3 Å². The summed E-state index contributed by atoms with van der Waals surface area (Å²) >= 11 is 0. The van der Waals surface area contributed by atoms with Gasteiger partial charge >= 0.3 is 5.97 Å². The third kappa shape index (κ3) is 5.70. The summed E-state index contributed by atoms with van der Waals surface area (Å²) in [7, 11) is 4.75. The minimum Gasteiger partial charge on any atom is -0.493 e. The number of ether oxygens (including phenoxy) is 4. The van der Waals surface area contributed by atoms with E-state index in [1.54, 1.807) is 27.4 Å². The second kappa shape index (κ2) is 13.3. The quantitative estimate of drug-likeness (QED) is 0.145. The van der Waals surface area contributed by atoms with Crippen LogP contribution in [0.5, 0.6) is 17.2 Å². The summed E-state index contributed by atoms with van der Waals surface area (Å²) in [5, 5.41) is 0. The van der Waals surface area contributed by atoms with E-state index in [1.807, 2.05) is 12.1 Å². The third-order valence-electron chi connectivity index (χ3n) is 16.4. The number of Topliss-reactive ketones (excluding diaryl/α,β-unsaturated/α-hetero) is 1. The number of methoxy groups -OCH3 is 3. The minimum atomic E-state index is -0.319. The Balaban J connectivity index is 1.26. The standard InChI is InChI=1S/C45H66O6/c1-27(2)30-17-20-45(26-51-37(46)16-13-29-23-33(48-10)39(50-12)34(24-29)49-11)22-21-43(8)32(38(30)45)14-15-36-42(7)25-31(28(3)4)40(47)41(5,6)35(42)18-19-44(36,43)9/h13,16,23-24,28,30-32,35-36,38H,1,14-15,17-22,25-26H2,2-12H3. The smallest absolute Gasteiger partial charge is 0.330 e. The van der Waals surface area contributed by atoms with Crippen LogP contribution in [0, 0.1) is 68.5 Å². The van der Waals surface area contributed by atoms with Gasteiger partial charge in [0.25, 0.3) is 0 Å². The molecule has 0 saturated heterocycles. The van der Waals surface area contributed by atoms with E-state index in [4.69, 9.17) is 18.9 Å². The number of fused-ring (bicyclic) bond motifs is 7. The van der Waals surface area contributed by atoms with Crippen LogP contribution in [0.3, 0.4) is 0 Å². The molecular formula is C45H66O6. The highest BCUT2D eigenvalue weighted by atomic mass is 16.5. The van der Waals surface area contributed by atoms with Gasteiger partial charge in [0.15, 0.2) is 11.5 Å². The molecule has 6 heteroatoms. The van der Waals surface area contributed by atoms with E-state index in [9.17, 15) is 9.59 Å². The molecule has 6 nitrogen and oxygen atoms in total. The summed E-state index contributed by atoms with van der Waals surface area (Å²) in [4.78, 5) is 27.3. The first kappa shape index (κ1) is 38.0. The van der Waals surface area contributed by atoms with Crippen molar-refractivity contribution in [1.29, 1.82) is 0 Å². The van der Waals surface area contributed by atoms with Gasteiger partial charge in [-0.05, 0) is 140 Å². The molecule has 10 unspecified atom stereocenters. The number of ketones is 1. The van der Waals surface area contributed by atoms with Crippen molar-refractivity contribution in [2.45, 2.75) is 113 Å². The van der Waals surface area contributed by atoms with E-state index in [0.717, 1.165) is 37.7 Å². The van der Waals surface area contributed by atoms with Gasteiger partial charge in [-0.1, -0.05) is 60.6 Å². The van der Waals surface area contributed by atoms with Crippen LogP contribution in [0.2, 0.25) is 0 Å². The fourth-order valence-electron chi connectivity index (χ4n) is 13.8. The molecule has 0 aromatic heterocycles. The maximum absolute atomic E-state index is 13.9. The molecule has 282 valence electrons. The van der Waals surface area contributed by atoms with Crippen molar-refractivity contribution in [2.75, 3.05) is 27.9 Å². The lowest BCUT2D eigenvalue weighted by molar-refractivity contribution is -0.241. The summed E-state index contributed by atoms with van der Waals surface area (Å²) in [5.74, 6) is 4.82. The molecule has 10 atom stereocenters. The summed E-state index contributed by atoms with van der Waals surface area (Å²) in [5.41, 5.74) is 2.30. The molecule has 0 amide bonds. The number of carbonyl (C=O) groups is 2. The van der Waals surface area contributed by atoms with Gasteiger partial charge in [-0.15, -0.1) is 0 Å². The van der Waals surface area contributed by atoms with Crippen LogP contribution in [-0.4, -0.2) is 39.7 Å². The summed E-state index contributed by atoms with van der Waals surface area (Å²) in [6.07, 6.45) is 13.6. The summed E-state index contributed by atoms with van der Waals surface area (Å²) in [6, 6.07) is 3.66. The lowest BCUT2D eigenvalue weighted by Gasteiger charge is -2.73. The average Bonchev–Trinajstić information content (AvgIpc) is 3.48. The Hall–Kier alpha value is -2.76. The molecule has 6 rings (SSSR count). The lowest BCUT2D eigenvalue weighted by atomic mass is 9.31. The Kier molecular flexibility index (Phi) is 9.88. The number of allylic oxidation sites excluding steroid dienone is 1. The molecule has 0 heterocycles. The molecule has 0 radical (unpaired) electrons. The van der Waals surface area contributed by atoms with Gasteiger partial charge in [-0.25, -0.2) is 4.79 Å². The van der Waals surface area contributed by atoms with Crippen LogP contribution in [0.4, 0.5) is 0 Å². The summed E-state index contributed by atoms with van der Waals surface area (Å²) < 4.78 is 22.7. The second-order valence-corrected chi connectivity index (χ2v) is 19.1. The zero-order valence-electron chi connectivity index (χ0n) is 33.6. The van der Waals surface area contributed by atoms with Crippen molar-refractivity contribution < 1.29 is 28.5 Å². The predicted molar refractivity (Wildman–Crippen MR) is 204 cm³/mol. The largest absolute Gasteiger partial charge is 0.493 e. The topological polar surface area (TPSA) is 71.1 Å². The highest BCUT2D eigenvalue weighted by Gasteiger charge is 2.71. The molecule has 0 bridgehead atoms. The van der Waals surface area contributed by atoms with E-state index in [1.165, 1.54) is 37.3 Å². The van der Waals surface area contributed by atoms with E-state index in [0.29, 0.717) is 65.1 Å². The van der Waals surface area contributed by atoms with E-state index >= 15 is 0 Å². The fourth-order valence-corrected chi connectivity index (χ4v) is 13.8. The normalized spacial score (nSPS) is 39.8. The van der Waals surface area contributed by atoms with E-state index in [2.05, 4.69) is 62.0 Å². The number of hydrogen-bond donors (Lipinski definition) is 0. The van der Waals surface area contributed by atoms with Crippen molar-refractivity contribution in [3.05, 3.63) is 35.9 Å². The van der Waals surface area contributed by atoms with Crippen LogP contribution in [0.25, 0.3) is 6.08 Å².